The molecule has 24 heavy (non-hydrogen) atoms. The van der Waals surface area contributed by atoms with Crippen molar-refractivity contribution in [3.05, 3.63) is 0 Å². The van der Waals surface area contributed by atoms with Gasteiger partial charge in [-0.05, 0) is 56.3 Å². The van der Waals surface area contributed by atoms with Gasteiger partial charge in [0.1, 0.15) is 0 Å². The van der Waals surface area contributed by atoms with E-state index in [1.807, 2.05) is 0 Å². The lowest BCUT2D eigenvalue weighted by Gasteiger charge is -2.43. The second-order valence-corrected chi connectivity index (χ2v) is 8.99. The minimum Gasteiger partial charge on any atom is -0.481 e. The highest BCUT2D eigenvalue weighted by Gasteiger charge is 2.66. The van der Waals surface area contributed by atoms with Gasteiger partial charge in [0.15, 0.2) is 0 Å². The molecule has 1 heterocycles. The van der Waals surface area contributed by atoms with Crippen LogP contribution in [0.5, 0.6) is 0 Å². The second-order valence-electron chi connectivity index (χ2n) is 8.99. The van der Waals surface area contributed by atoms with E-state index in [0.717, 1.165) is 37.5 Å². The zero-order valence-corrected chi connectivity index (χ0v) is 14.2. The van der Waals surface area contributed by atoms with E-state index in [1.165, 1.54) is 38.5 Å². The highest BCUT2D eigenvalue weighted by molar-refractivity contribution is 5.67. The van der Waals surface area contributed by atoms with Crippen molar-refractivity contribution in [1.29, 1.82) is 0 Å². The summed E-state index contributed by atoms with van der Waals surface area (Å²) in [5.41, 5.74) is 0. The summed E-state index contributed by atoms with van der Waals surface area (Å²) in [6.45, 7) is 0. The minimum atomic E-state index is -0.700. The lowest BCUT2D eigenvalue weighted by molar-refractivity contribution is -0.376. The molecular weight excluding hydrogens is 308 g/mol. The standard InChI is InChI=1S/C19H28O5/c20-17(21)8-12-4-6-18(7-5-12)22-19(24-23-18)15-3-1-2-13-9-16(19)11-14(13)10-15/h12-16H,1-11H2,(H,20,21)/t12?,13-,14?,15-,16-,18?,19+/m0/s1. The Morgan fingerprint density at radius 1 is 0.958 bits per heavy atom. The van der Waals surface area contributed by atoms with Crippen LogP contribution < -0.4 is 0 Å². The highest BCUT2D eigenvalue weighted by Crippen LogP contribution is 2.63. The number of ether oxygens (including phenoxy) is 1. The molecule has 5 rings (SSSR count). The molecule has 1 saturated heterocycles. The fourth-order valence-electron chi connectivity index (χ4n) is 6.51. The van der Waals surface area contributed by atoms with E-state index < -0.39 is 17.5 Å². The molecule has 1 aliphatic heterocycles. The lowest BCUT2D eigenvalue weighted by Crippen LogP contribution is -2.50. The molecule has 1 unspecified atom stereocenters. The van der Waals surface area contributed by atoms with Gasteiger partial charge in [-0.25, -0.2) is 0 Å². The fourth-order valence-corrected chi connectivity index (χ4v) is 6.51. The van der Waals surface area contributed by atoms with Crippen LogP contribution in [0.3, 0.4) is 0 Å². The summed E-state index contributed by atoms with van der Waals surface area (Å²) < 4.78 is 6.70. The Balaban J connectivity index is 1.33. The lowest BCUT2D eigenvalue weighted by atomic mass is 9.74. The summed E-state index contributed by atoms with van der Waals surface area (Å²) >= 11 is 0. The maximum absolute atomic E-state index is 10.9. The maximum Gasteiger partial charge on any atom is 0.303 e. The van der Waals surface area contributed by atoms with Crippen LogP contribution in [0.4, 0.5) is 0 Å². The number of carbonyl (C=O) groups is 1. The van der Waals surface area contributed by atoms with Gasteiger partial charge in [0, 0.05) is 31.1 Å². The summed E-state index contributed by atoms with van der Waals surface area (Å²) in [5, 5.41) is 9.00. The average molecular weight is 336 g/mol. The second kappa shape index (κ2) is 5.42. The summed E-state index contributed by atoms with van der Waals surface area (Å²) in [7, 11) is 0. The van der Waals surface area contributed by atoms with E-state index in [0.29, 0.717) is 11.8 Å². The number of aliphatic carboxylic acids is 1. The van der Waals surface area contributed by atoms with Crippen LogP contribution in [0.2, 0.25) is 0 Å². The zero-order valence-electron chi connectivity index (χ0n) is 14.2. The van der Waals surface area contributed by atoms with Crippen molar-refractivity contribution in [2.24, 2.45) is 29.6 Å². The molecule has 0 radical (unpaired) electrons. The number of rotatable bonds is 2. The summed E-state index contributed by atoms with van der Waals surface area (Å²) in [4.78, 5) is 22.9. The van der Waals surface area contributed by atoms with Crippen LogP contribution in [0, 0.1) is 29.6 Å². The van der Waals surface area contributed by atoms with Crippen molar-refractivity contribution in [2.45, 2.75) is 82.2 Å². The van der Waals surface area contributed by atoms with Crippen molar-refractivity contribution in [1.82, 2.24) is 0 Å². The van der Waals surface area contributed by atoms with E-state index in [9.17, 15) is 4.79 Å². The van der Waals surface area contributed by atoms with Crippen molar-refractivity contribution >= 4 is 5.97 Å². The molecule has 5 atom stereocenters. The maximum atomic E-state index is 10.9. The molecule has 2 spiro atoms. The van der Waals surface area contributed by atoms with Crippen molar-refractivity contribution in [2.75, 3.05) is 0 Å². The Morgan fingerprint density at radius 2 is 1.71 bits per heavy atom. The summed E-state index contributed by atoms with van der Waals surface area (Å²) in [6, 6.07) is 0. The van der Waals surface area contributed by atoms with Gasteiger partial charge in [0.2, 0.25) is 11.6 Å². The Bertz CT molecular complexity index is 526. The first-order chi connectivity index (χ1) is 11.6. The molecule has 5 fully saturated rings. The molecule has 0 aromatic rings. The van der Waals surface area contributed by atoms with Gasteiger partial charge in [-0.1, -0.05) is 12.8 Å². The van der Waals surface area contributed by atoms with Crippen LogP contribution in [-0.4, -0.2) is 22.7 Å². The SMILES string of the molecule is O=C(O)CC1CCC2(CC1)OO[C@@]1(O2)[C@@H]2CC3C[C@@H]1CCC[C@H]3C2. The number of carboxylic acid groups (broad SMARTS) is 1. The minimum absolute atomic E-state index is 0.248. The Kier molecular flexibility index (Phi) is 3.52. The molecule has 1 N–H and O–H groups in total. The van der Waals surface area contributed by atoms with E-state index in [2.05, 4.69) is 0 Å². The van der Waals surface area contributed by atoms with Crippen molar-refractivity contribution in [3.8, 4) is 0 Å². The van der Waals surface area contributed by atoms with Crippen LogP contribution in [0.25, 0.3) is 0 Å². The van der Waals surface area contributed by atoms with Crippen LogP contribution >= 0.6 is 0 Å². The average Bonchev–Trinajstić information content (AvgIpc) is 3.04. The van der Waals surface area contributed by atoms with Crippen molar-refractivity contribution < 1.29 is 24.4 Å². The Labute approximate surface area is 143 Å². The van der Waals surface area contributed by atoms with E-state index in [1.54, 1.807) is 0 Å². The molecule has 5 nitrogen and oxygen atoms in total. The third kappa shape index (κ3) is 2.27. The van der Waals surface area contributed by atoms with Gasteiger partial charge in [-0.15, -0.1) is 0 Å². The highest BCUT2D eigenvalue weighted by atomic mass is 17.3. The van der Waals surface area contributed by atoms with Crippen LogP contribution in [0.15, 0.2) is 0 Å². The predicted molar refractivity (Wildman–Crippen MR) is 84.6 cm³/mol. The molecule has 5 aliphatic rings. The van der Waals surface area contributed by atoms with Gasteiger partial charge in [0.05, 0.1) is 0 Å². The van der Waals surface area contributed by atoms with Gasteiger partial charge < -0.3 is 9.84 Å². The van der Waals surface area contributed by atoms with Crippen LogP contribution in [-0.2, 0) is 19.3 Å². The van der Waals surface area contributed by atoms with E-state index in [4.69, 9.17) is 19.6 Å². The van der Waals surface area contributed by atoms with E-state index >= 15 is 0 Å². The fraction of sp³-hybridized carbons (Fsp3) is 0.947. The van der Waals surface area contributed by atoms with Crippen molar-refractivity contribution in [3.63, 3.8) is 0 Å². The normalized spacial score (nSPS) is 52.9. The molecular formula is C19H28O5. The molecule has 5 heteroatoms. The smallest absolute Gasteiger partial charge is 0.303 e. The monoisotopic (exact) mass is 336 g/mol. The first-order valence-electron chi connectivity index (χ1n) is 9.87. The molecule has 4 aliphatic carbocycles. The molecule has 134 valence electrons. The number of carboxylic acids is 1. The predicted octanol–water partition coefficient (Wildman–Crippen LogP) is 3.87. The summed E-state index contributed by atoms with van der Waals surface area (Å²) in [6.07, 6.45) is 11.1. The topological polar surface area (TPSA) is 65.0 Å². The summed E-state index contributed by atoms with van der Waals surface area (Å²) in [5.74, 6) is 1.14. The van der Waals surface area contributed by atoms with Gasteiger partial charge in [-0.2, -0.15) is 9.78 Å². The van der Waals surface area contributed by atoms with Gasteiger partial charge in [0.25, 0.3) is 0 Å². The molecule has 4 saturated carbocycles. The zero-order chi connectivity index (χ0) is 16.4. The number of fused-ring (bicyclic) bond motifs is 4. The van der Waals surface area contributed by atoms with Gasteiger partial charge in [-0.3, -0.25) is 4.79 Å². The molecule has 0 aromatic carbocycles. The first-order valence-corrected chi connectivity index (χ1v) is 9.87. The Hall–Kier alpha value is -0.650. The number of hydrogen-bond acceptors (Lipinski definition) is 4. The Morgan fingerprint density at radius 3 is 2.50 bits per heavy atom. The van der Waals surface area contributed by atoms with Gasteiger partial charge >= 0.3 is 5.97 Å². The third-order valence-electron chi connectivity index (χ3n) is 7.69. The largest absolute Gasteiger partial charge is 0.481 e. The molecule has 0 amide bonds. The first kappa shape index (κ1) is 15.6. The quantitative estimate of drug-likeness (QED) is 0.776. The molecule has 3 bridgehead atoms. The number of hydrogen-bond donors (Lipinski definition) is 1. The van der Waals surface area contributed by atoms with Crippen LogP contribution in [0.1, 0.15) is 70.6 Å². The van der Waals surface area contributed by atoms with E-state index in [-0.39, 0.29) is 12.3 Å². The third-order valence-corrected chi connectivity index (χ3v) is 7.69. The molecule has 0 aromatic heterocycles.